The molecule has 7 nitrogen and oxygen atoms in total. The van der Waals surface area contributed by atoms with Gasteiger partial charge in [-0.3, -0.25) is 0 Å². The van der Waals surface area contributed by atoms with Crippen LogP contribution >= 0.6 is 0 Å². The molecule has 190 valence electrons. The third kappa shape index (κ3) is 4.37. The van der Waals surface area contributed by atoms with E-state index in [-0.39, 0.29) is 12.2 Å². The van der Waals surface area contributed by atoms with Gasteiger partial charge in [0.2, 0.25) is 15.8 Å². The van der Waals surface area contributed by atoms with Crippen molar-refractivity contribution in [2.45, 2.75) is 92.6 Å². The Morgan fingerprint density at radius 3 is 2.43 bits per heavy atom. The van der Waals surface area contributed by atoms with Crippen molar-refractivity contribution in [2.24, 2.45) is 5.92 Å². The summed E-state index contributed by atoms with van der Waals surface area (Å²) < 4.78 is 37.7. The van der Waals surface area contributed by atoms with E-state index in [2.05, 4.69) is 4.72 Å². The molecule has 0 amide bonds. The maximum Gasteiger partial charge on any atom is 0.241 e. The van der Waals surface area contributed by atoms with Crippen LogP contribution in [-0.2, 0) is 24.5 Å². The van der Waals surface area contributed by atoms with Crippen molar-refractivity contribution in [1.82, 2.24) is 4.72 Å². The molecular weight excluding hydrogens is 464 g/mol. The van der Waals surface area contributed by atoms with Crippen LogP contribution < -0.4 is 9.62 Å². The Morgan fingerprint density at radius 1 is 0.914 bits per heavy atom. The van der Waals surface area contributed by atoms with Gasteiger partial charge in [0.1, 0.15) is 0 Å². The highest BCUT2D eigenvalue weighted by atomic mass is 32.2. The van der Waals surface area contributed by atoms with Gasteiger partial charge in [0.15, 0.2) is 0 Å². The zero-order chi connectivity index (χ0) is 24.3. The van der Waals surface area contributed by atoms with Crippen molar-refractivity contribution >= 4 is 26.5 Å². The third-order valence-electron chi connectivity index (χ3n) is 8.42. The lowest BCUT2D eigenvalue weighted by Crippen LogP contribution is -2.59. The summed E-state index contributed by atoms with van der Waals surface area (Å²) in [5.74, 6) is -0.328. The molecule has 2 heterocycles. The van der Waals surface area contributed by atoms with E-state index in [1.165, 1.54) is 6.42 Å². The molecule has 5 fully saturated rings. The molecular formula is C27H36N2O5S. The van der Waals surface area contributed by atoms with E-state index in [1.54, 1.807) is 6.07 Å². The molecule has 2 aromatic rings. The number of sulfonamides is 1. The highest BCUT2D eigenvalue weighted by Gasteiger charge is 2.53. The number of anilines is 1. The van der Waals surface area contributed by atoms with Gasteiger partial charge in [-0.05, 0) is 63.0 Å². The van der Waals surface area contributed by atoms with Gasteiger partial charge in [-0.15, -0.1) is 0 Å². The Morgan fingerprint density at radius 2 is 1.63 bits per heavy atom. The highest BCUT2D eigenvalue weighted by molar-refractivity contribution is 7.89. The summed E-state index contributed by atoms with van der Waals surface area (Å²) in [4.78, 5) is 14.4. The molecule has 7 rings (SSSR count). The number of benzene rings is 2. The topological polar surface area (TPSA) is 77.1 Å². The molecule has 2 aliphatic heterocycles. The summed E-state index contributed by atoms with van der Waals surface area (Å²) in [6, 6.07) is 11.4. The number of hydrogen-bond donors (Lipinski definition) is 1. The van der Waals surface area contributed by atoms with Gasteiger partial charge in [-0.2, -0.15) is 0 Å². The molecule has 0 radical (unpaired) electrons. The lowest BCUT2D eigenvalue weighted by atomic mass is 9.65. The van der Waals surface area contributed by atoms with Crippen LogP contribution in [-0.4, -0.2) is 46.0 Å². The molecule has 4 atom stereocenters. The Kier molecular flexibility index (Phi) is 5.88. The van der Waals surface area contributed by atoms with E-state index in [4.69, 9.17) is 14.5 Å². The van der Waals surface area contributed by atoms with Crippen LogP contribution in [0.3, 0.4) is 0 Å². The second-order valence-corrected chi connectivity index (χ2v) is 13.0. The molecule has 1 N–H and O–H groups in total. The normalized spacial score (nSPS) is 32.3. The Hall–Kier alpha value is -1.71. The number of hydrogen-bond acceptors (Lipinski definition) is 6. The van der Waals surface area contributed by atoms with Crippen molar-refractivity contribution in [3.05, 3.63) is 36.4 Å². The summed E-state index contributed by atoms with van der Waals surface area (Å²) in [5, 5.41) is 1.66. The van der Waals surface area contributed by atoms with Crippen molar-refractivity contribution in [2.75, 3.05) is 19.0 Å². The first-order chi connectivity index (χ1) is 16.8. The van der Waals surface area contributed by atoms with Crippen LogP contribution in [0.2, 0.25) is 0 Å². The van der Waals surface area contributed by atoms with E-state index in [1.807, 2.05) is 49.3 Å². The van der Waals surface area contributed by atoms with Crippen molar-refractivity contribution in [1.29, 1.82) is 0 Å². The molecule has 8 heteroatoms. The van der Waals surface area contributed by atoms with Gasteiger partial charge in [0.05, 0.1) is 17.1 Å². The van der Waals surface area contributed by atoms with Crippen LogP contribution in [0.1, 0.15) is 64.2 Å². The first-order valence-corrected chi connectivity index (χ1v) is 14.5. The third-order valence-corrected chi connectivity index (χ3v) is 10.1. The average molecular weight is 501 g/mol. The van der Waals surface area contributed by atoms with Gasteiger partial charge >= 0.3 is 0 Å². The summed E-state index contributed by atoms with van der Waals surface area (Å²) >= 11 is 0. The van der Waals surface area contributed by atoms with E-state index >= 15 is 0 Å². The maximum absolute atomic E-state index is 14.0. The molecule has 1 spiro atoms. The largest absolute Gasteiger partial charge is 0.377 e. The minimum absolute atomic E-state index is 0.0370. The second kappa shape index (κ2) is 8.70. The van der Waals surface area contributed by atoms with Crippen LogP contribution in [0.5, 0.6) is 0 Å². The molecule has 3 aliphatic carbocycles. The van der Waals surface area contributed by atoms with Gasteiger partial charge in [0, 0.05) is 48.9 Å². The molecule has 5 aliphatic rings. The fourth-order valence-corrected chi connectivity index (χ4v) is 8.79. The van der Waals surface area contributed by atoms with Gasteiger partial charge < -0.3 is 9.64 Å². The zero-order valence-corrected chi connectivity index (χ0v) is 21.5. The summed E-state index contributed by atoms with van der Waals surface area (Å²) in [5.41, 5.74) is 0.399. The maximum atomic E-state index is 14.0. The number of nitrogens with zero attached hydrogens (tertiary/aromatic N) is 1. The predicted octanol–water partition coefficient (Wildman–Crippen LogP) is 4.89. The smallest absolute Gasteiger partial charge is 0.241 e. The zero-order valence-electron chi connectivity index (χ0n) is 20.7. The van der Waals surface area contributed by atoms with Gasteiger partial charge in [-0.1, -0.05) is 30.7 Å². The molecule has 35 heavy (non-hydrogen) atoms. The van der Waals surface area contributed by atoms with Gasteiger partial charge in [-0.25, -0.2) is 22.9 Å². The van der Waals surface area contributed by atoms with Crippen molar-refractivity contribution < 1.29 is 22.9 Å². The Bertz CT molecular complexity index is 1210. The Labute approximate surface area is 208 Å². The molecule has 4 unspecified atom stereocenters. The summed E-state index contributed by atoms with van der Waals surface area (Å²) in [6.45, 7) is 0. The fraction of sp³-hybridized carbons (Fsp3) is 0.630. The fourth-order valence-electron chi connectivity index (χ4n) is 7.14. The quantitative estimate of drug-likeness (QED) is 0.602. The lowest BCUT2D eigenvalue weighted by molar-refractivity contribution is -0.453. The Balaban J connectivity index is 1.34. The standard InChI is InChI=1S/C27H36N2O5S/c1-29(2)24-10-6-9-23-22(24)8-7-11-25(23)35(30,31)28-26-16-19-14-20(17-26)32-27(12-4-3-5-13-27)34-33-21(15-19)18-26/h6-11,19-21,28H,3-5,12-18H2,1-2H3. The summed E-state index contributed by atoms with van der Waals surface area (Å²) in [6.07, 6.45) is 8.73. The first kappa shape index (κ1) is 23.7. The molecule has 4 bridgehead atoms. The van der Waals surface area contributed by atoms with E-state index in [9.17, 15) is 8.42 Å². The SMILES string of the molecule is CN(C)c1cccc2c(S(=O)(=O)NC34CC5CC(C3)OOC3(CCCCC3)OC(C5)C4)cccc12. The minimum Gasteiger partial charge on any atom is -0.377 e. The van der Waals surface area contributed by atoms with E-state index < -0.39 is 21.3 Å². The monoisotopic (exact) mass is 500 g/mol. The van der Waals surface area contributed by atoms with Crippen molar-refractivity contribution in [3.8, 4) is 0 Å². The molecule has 3 saturated carbocycles. The molecule has 2 saturated heterocycles. The number of fused-ring (bicyclic) bond motifs is 2. The van der Waals surface area contributed by atoms with Crippen molar-refractivity contribution in [3.63, 3.8) is 0 Å². The number of ether oxygens (including phenoxy) is 1. The van der Waals surface area contributed by atoms with Crippen LogP contribution in [0.15, 0.2) is 41.3 Å². The first-order valence-electron chi connectivity index (χ1n) is 13.0. The molecule has 0 aromatic heterocycles. The van der Waals surface area contributed by atoms with Crippen LogP contribution in [0, 0.1) is 5.92 Å². The average Bonchev–Trinajstić information content (AvgIpc) is 2.88. The summed E-state index contributed by atoms with van der Waals surface area (Å²) in [7, 11) is 0.159. The highest BCUT2D eigenvalue weighted by Crippen LogP contribution is 2.49. The number of rotatable bonds is 4. The van der Waals surface area contributed by atoms with Gasteiger partial charge in [0.25, 0.3) is 0 Å². The van der Waals surface area contributed by atoms with Crippen LogP contribution in [0.25, 0.3) is 10.8 Å². The number of nitrogens with one attached hydrogen (secondary N) is 1. The predicted molar refractivity (Wildman–Crippen MR) is 135 cm³/mol. The van der Waals surface area contributed by atoms with Crippen LogP contribution in [0.4, 0.5) is 5.69 Å². The van der Waals surface area contributed by atoms with E-state index in [0.717, 1.165) is 61.4 Å². The van der Waals surface area contributed by atoms with E-state index in [0.29, 0.717) is 23.7 Å². The minimum atomic E-state index is -3.79. The lowest BCUT2D eigenvalue weighted by Gasteiger charge is -2.49. The molecule has 2 aromatic carbocycles. The second-order valence-electron chi connectivity index (χ2n) is 11.4.